The number of sulfone groups is 2. The molecule has 0 saturated heterocycles. The zero-order valence-corrected chi connectivity index (χ0v) is 29.2. The fraction of sp³-hybridized carbons (Fsp3) is 0.739. The zero-order chi connectivity index (χ0) is 36.2. The molecule has 0 spiro atoms. The normalized spacial score (nSPS) is 15.4. The first-order valence-corrected chi connectivity index (χ1v) is 20.9. The van der Waals surface area contributed by atoms with Gasteiger partial charge in [-0.1, -0.05) is 20.8 Å². The summed E-state index contributed by atoms with van der Waals surface area (Å²) >= 11 is 0. The summed E-state index contributed by atoms with van der Waals surface area (Å²) in [6, 6.07) is 0. The summed E-state index contributed by atoms with van der Waals surface area (Å²) in [7, 11) is -14.7. The molecule has 0 rings (SSSR count). The van der Waals surface area contributed by atoms with Crippen molar-refractivity contribution < 1.29 is 68.0 Å². The largest absolute Gasteiger partial charge is 0.355 e. The highest BCUT2D eigenvalue weighted by molar-refractivity contribution is 7.91. The van der Waals surface area contributed by atoms with Gasteiger partial charge in [0.1, 0.15) is 40.6 Å². The predicted octanol–water partition coefficient (Wildman–Crippen LogP) is -2.55. The van der Waals surface area contributed by atoms with Crippen LogP contribution in [-0.4, -0.2) is 133 Å². The molecule has 45 heavy (non-hydrogen) atoms. The van der Waals surface area contributed by atoms with Gasteiger partial charge in [-0.3, -0.25) is 23.5 Å². The minimum absolute atomic E-state index is 0.0901. The maximum absolute atomic E-state index is 11.6. The van der Waals surface area contributed by atoms with E-state index < -0.39 is 90.1 Å². The first kappa shape index (κ1) is 46.8. The van der Waals surface area contributed by atoms with Crippen molar-refractivity contribution in [2.24, 2.45) is 17.8 Å². The van der Waals surface area contributed by atoms with Crippen molar-refractivity contribution in [3.63, 3.8) is 0 Å². The molecular formula is C23H44N3O15PS3. The average Bonchev–Trinajstić information content (AvgIpc) is 2.86. The molecule has 0 saturated carbocycles. The maximum atomic E-state index is 11.6. The molecule has 0 fully saturated rings. The van der Waals surface area contributed by atoms with E-state index in [0.717, 1.165) is 19.2 Å². The topological polar surface area (TPSA) is 298 Å². The smallest absolute Gasteiger partial charge is 0.276 e. The number of carbonyl (C=O) groups excluding carboxylic acids is 6. The third-order valence-corrected chi connectivity index (χ3v) is 8.58. The molecule has 5 N–H and O–H groups in total. The van der Waals surface area contributed by atoms with Crippen molar-refractivity contribution in [1.82, 2.24) is 16.0 Å². The van der Waals surface area contributed by atoms with Crippen molar-refractivity contribution in [1.29, 1.82) is 0 Å². The Labute approximate surface area is 263 Å². The lowest BCUT2D eigenvalue weighted by molar-refractivity contribution is -0.121. The molecule has 18 nitrogen and oxygen atoms in total. The van der Waals surface area contributed by atoms with Crippen molar-refractivity contribution >= 4 is 73.7 Å². The molecule has 0 aliphatic heterocycles. The van der Waals surface area contributed by atoms with Gasteiger partial charge in [0.15, 0.2) is 15.1 Å². The van der Waals surface area contributed by atoms with Crippen molar-refractivity contribution in [2.45, 2.75) is 32.4 Å². The lowest BCUT2D eigenvalue weighted by Crippen LogP contribution is -2.42. The van der Waals surface area contributed by atoms with Gasteiger partial charge in [-0.25, -0.2) is 16.8 Å². The Morgan fingerprint density at radius 2 is 1.11 bits per heavy atom. The summed E-state index contributed by atoms with van der Waals surface area (Å²) in [5.41, 5.74) is 0. The molecule has 22 heteroatoms. The van der Waals surface area contributed by atoms with Gasteiger partial charge in [0.2, 0.25) is 25.1 Å². The summed E-state index contributed by atoms with van der Waals surface area (Å²) in [5.74, 6) is -4.24. The van der Waals surface area contributed by atoms with Crippen LogP contribution in [0.3, 0.4) is 0 Å². The fourth-order valence-electron chi connectivity index (χ4n) is 2.42. The van der Waals surface area contributed by atoms with Crippen LogP contribution >= 0.6 is 7.37 Å². The molecule has 0 aromatic carbocycles. The van der Waals surface area contributed by atoms with Gasteiger partial charge < -0.3 is 35.2 Å². The summed E-state index contributed by atoms with van der Waals surface area (Å²) in [6.07, 6.45) is 2.92. The number of hydrogen-bond acceptors (Lipinski definition) is 13. The molecule has 5 atom stereocenters. The van der Waals surface area contributed by atoms with Gasteiger partial charge >= 0.3 is 0 Å². The first-order chi connectivity index (χ1) is 20.2. The highest BCUT2D eigenvalue weighted by Crippen LogP contribution is 2.33. The van der Waals surface area contributed by atoms with Crippen LogP contribution in [0.25, 0.3) is 0 Å². The van der Waals surface area contributed by atoms with Crippen LogP contribution in [-0.2, 0) is 63.1 Å². The Kier molecular flexibility index (Phi) is 22.9. The molecule has 264 valence electrons. The monoisotopic (exact) mass is 729 g/mol. The van der Waals surface area contributed by atoms with Crippen LogP contribution < -0.4 is 16.0 Å². The highest BCUT2D eigenvalue weighted by Gasteiger charge is 2.31. The molecule has 0 heterocycles. The summed E-state index contributed by atoms with van der Waals surface area (Å²) in [4.78, 5) is 72.8. The molecule has 0 aliphatic rings. The summed E-state index contributed by atoms with van der Waals surface area (Å²) in [5, 5.41) is 5.04. The van der Waals surface area contributed by atoms with Crippen LogP contribution in [0.15, 0.2) is 0 Å². The van der Waals surface area contributed by atoms with E-state index in [1.54, 1.807) is 13.8 Å². The molecule has 0 radical (unpaired) electrons. The van der Waals surface area contributed by atoms with Gasteiger partial charge in [0.25, 0.3) is 10.1 Å². The molecule has 3 amide bonds. The van der Waals surface area contributed by atoms with Crippen LogP contribution in [0.1, 0.15) is 27.2 Å². The predicted molar refractivity (Wildman–Crippen MR) is 165 cm³/mol. The molecule has 5 unspecified atom stereocenters. The van der Waals surface area contributed by atoms with E-state index in [4.69, 9.17) is 9.45 Å². The van der Waals surface area contributed by atoms with Crippen molar-refractivity contribution in [3.05, 3.63) is 0 Å². The third kappa shape index (κ3) is 32.6. The fourth-order valence-corrected chi connectivity index (χ4v) is 5.22. The molecular weight excluding hydrogens is 685 g/mol. The Hall–Kier alpha value is -2.58. The SMILES string of the molecule is CC(C=O)CNC(=O)C(CCS(C)(=O)=O)S(=O)(=O)O.CC(C=O)CNC(=O)CP(C)(=O)O.CC(C=O)CNC(=O)CS(C)(=O)=O. The number of rotatable bonds is 18. The van der Waals surface area contributed by atoms with Gasteiger partial charge in [-0.05, 0) is 6.42 Å². The second-order valence-electron chi connectivity index (χ2n) is 10.4. The van der Waals surface area contributed by atoms with Crippen molar-refractivity contribution in [2.75, 3.05) is 56.5 Å². The Bertz CT molecular complexity index is 1360. The van der Waals surface area contributed by atoms with E-state index in [1.807, 2.05) is 0 Å². The zero-order valence-electron chi connectivity index (χ0n) is 25.9. The summed E-state index contributed by atoms with van der Waals surface area (Å²) in [6.45, 7) is 6.21. The van der Waals surface area contributed by atoms with E-state index in [1.165, 1.54) is 6.92 Å². The Morgan fingerprint density at radius 1 is 0.733 bits per heavy atom. The van der Waals surface area contributed by atoms with E-state index in [-0.39, 0.29) is 31.5 Å². The molecule has 0 aromatic rings. The molecule has 0 aromatic heterocycles. The summed E-state index contributed by atoms with van der Waals surface area (Å²) < 4.78 is 84.9. The standard InChI is InChI=1S/C9H17NO7S2.C7H14NO4P.C7H13NO4S/c1-7(6-11)5-10-9(12)8(19(15,16)17)3-4-18(2,13)14;2*1-6(4-9)3-8-7(10)5-13(2,11)12/h6-8H,3-5H2,1-2H3,(H,10,12)(H,15,16,17);4,6H,3,5H2,1-2H3,(H,8,10)(H,11,12);4,6H,3,5H2,1-2H3,(H,8,10). The van der Waals surface area contributed by atoms with Crippen LogP contribution in [0.2, 0.25) is 0 Å². The van der Waals surface area contributed by atoms with E-state index in [2.05, 4.69) is 16.0 Å². The van der Waals surface area contributed by atoms with Gasteiger partial charge in [0.05, 0.1) is 5.75 Å². The Morgan fingerprint density at radius 3 is 1.42 bits per heavy atom. The number of carbonyl (C=O) groups is 6. The van der Waals surface area contributed by atoms with E-state index in [0.29, 0.717) is 18.9 Å². The minimum Gasteiger partial charge on any atom is -0.355 e. The van der Waals surface area contributed by atoms with Crippen LogP contribution in [0.4, 0.5) is 0 Å². The number of amides is 3. The minimum atomic E-state index is -4.71. The van der Waals surface area contributed by atoms with Gasteiger partial charge in [-0.15, -0.1) is 0 Å². The first-order valence-electron chi connectivity index (χ1n) is 12.9. The van der Waals surface area contributed by atoms with Crippen LogP contribution in [0, 0.1) is 17.8 Å². The van der Waals surface area contributed by atoms with Gasteiger partial charge in [0, 0.05) is 56.6 Å². The lowest BCUT2D eigenvalue weighted by Gasteiger charge is -2.14. The van der Waals surface area contributed by atoms with Crippen molar-refractivity contribution in [3.8, 4) is 0 Å². The van der Waals surface area contributed by atoms with Gasteiger partial charge in [-0.2, -0.15) is 8.42 Å². The number of nitrogens with one attached hydrogen (secondary N) is 3. The number of hydrogen-bond donors (Lipinski definition) is 5. The highest BCUT2D eigenvalue weighted by atomic mass is 32.2. The van der Waals surface area contributed by atoms with E-state index >= 15 is 0 Å². The maximum Gasteiger partial charge on any atom is 0.276 e. The van der Waals surface area contributed by atoms with E-state index in [9.17, 15) is 58.6 Å². The average molecular weight is 730 g/mol. The Balaban J connectivity index is -0.000000606. The second-order valence-corrected chi connectivity index (χ2v) is 18.8. The molecule has 0 bridgehead atoms. The third-order valence-electron chi connectivity index (χ3n) is 4.77. The quantitative estimate of drug-likeness (QED) is 0.0551. The number of aldehydes is 3. The van der Waals surface area contributed by atoms with Crippen LogP contribution in [0.5, 0.6) is 0 Å². The molecule has 0 aliphatic carbocycles. The lowest BCUT2D eigenvalue weighted by atomic mass is 10.2. The second kappa shape index (κ2) is 22.0.